The summed E-state index contributed by atoms with van der Waals surface area (Å²) < 4.78 is 6.12. The van der Waals surface area contributed by atoms with E-state index in [1.165, 1.54) is 0 Å². The van der Waals surface area contributed by atoms with Gasteiger partial charge in [-0.15, -0.1) is 0 Å². The molecule has 0 radical (unpaired) electrons. The zero-order chi connectivity index (χ0) is 23.6. The topological polar surface area (TPSA) is 96.5 Å². The number of ether oxygens (including phenoxy) is 1. The molecule has 7 nitrogen and oxygen atoms in total. The molecule has 3 N–H and O–H groups in total. The fourth-order valence-corrected chi connectivity index (χ4v) is 3.26. The normalized spacial score (nSPS) is 10.9. The third-order valence-corrected chi connectivity index (χ3v) is 4.74. The molecule has 3 amide bonds. The second kappa shape index (κ2) is 12.2. The Morgan fingerprint density at radius 2 is 1.62 bits per heavy atom. The number of benzene rings is 2. The molecule has 0 unspecified atom stereocenters. The number of carbonyl (C=O) groups is 3. The average Bonchev–Trinajstić information content (AvgIpc) is 2.70. The standard InChI is InChI=1S/C24H30BrN3O4/c1-24(2,3)32-23(31)26-13-12-22(30)28-20-9-5-7-18(15-20)16-27-21(29)11-10-17-6-4-8-19(25)14-17/h4-9,14-15H,10-13,16H2,1-3H3,(H,26,31)(H,27,29)(H,28,30). The van der Waals surface area contributed by atoms with E-state index in [1.54, 1.807) is 26.8 Å². The van der Waals surface area contributed by atoms with Crippen molar-refractivity contribution in [1.82, 2.24) is 10.6 Å². The fourth-order valence-electron chi connectivity index (χ4n) is 2.81. The lowest BCUT2D eigenvalue weighted by molar-refractivity contribution is -0.121. The van der Waals surface area contributed by atoms with E-state index >= 15 is 0 Å². The highest BCUT2D eigenvalue weighted by Crippen LogP contribution is 2.14. The quantitative estimate of drug-likeness (QED) is 0.467. The number of carbonyl (C=O) groups excluding carboxylic acids is 3. The van der Waals surface area contributed by atoms with Crippen molar-refractivity contribution in [3.63, 3.8) is 0 Å². The molecule has 2 aromatic rings. The number of nitrogens with one attached hydrogen (secondary N) is 3. The Hall–Kier alpha value is -2.87. The molecule has 0 heterocycles. The van der Waals surface area contributed by atoms with Crippen LogP contribution in [0.3, 0.4) is 0 Å². The van der Waals surface area contributed by atoms with Crippen molar-refractivity contribution < 1.29 is 19.1 Å². The van der Waals surface area contributed by atoms with Crippen LogP contribution in [0.1, 0.15) is 44.7 Å². The Balaban J connectivity index is 1.72. The van der Waals surface area contributed by atoms with Crippen LogP contribution < -0.4 is 16.0 Å². The maximum absolute atomic E-state index is 12.2. The fraction of sp³-hybridized carbons (Fsp3) is 0.375. The van der Waals surface area contributed by atoms with E-state index in [0.717, 1.165) is 15.6 Å². The summed E-state index contributed by atoms with van der Waals surface area (Å²) in [5.41, 5.74) is 2.03. The molecule has 0 aliphatic carbocycles. The molecule has 0 fully saturated rings. The molecule has 2 rings (SSSR count). The first-order chi connectivity index (χ1) is 15.1. The van der Waals surface area contributed by atoms with Crippen LogP contribution in [0.5, 0.6) is 0 Å². The van der Waals surface area contributed by atoms with Gasteiger partial charge in [-0.05, 0) is 62.6 Å². The molecular formula is C24H30BrN3O4. The number of halogens is 1. The molecular weight excluding hydrogens is 474 g/mol. The van der Waals surface area contributed by atoms with Gasteiger partial charge in [-0.25, -0.2) is 4.79 Å². The summed E-state index contributed by atoms with van der Waals surface area (Å²) in [4.78, 5) is 35.9. The first kappa shape index (κ1) is 25.4. The molecule has 0 aromatic heterocycles. The summed E-state index contributed by atoms with van der Waals surface area (Å²) in [5.74, 6) is -0.260. The predicted molar refractivity (Wildman–Crippen MR) is 128 cm³/mol. The lowest BCUT2D eigenvalue weighted by Crippen LogP contribution is -2.34. The van der Waals surface area contributed by atoms with Gasteiger partial charge in [0, 0.05) is 36.1 Å². The molecule has 172 valence electrons. The molecule has 8 heteroatoms. The number of rotatable bonds is 9. The number of alkyl carbamates (subject to hydrolysis) is 1. The summed E-state index contributed by atoms with van der Waals surface area (Å²) in [6.45, 7) is 5.88. The molecule has 0 spiro atoms. The first-order valence-electron chi connectivity index (χ1n) is 10.5. The predicted octanol–water partition coefficient (Wildman–Crippen LogP) is 4.55. The van der Waals surface area contributed by atoms with Gasteiger partial charge in [0.05, 0.1) is 0 Å². The highest BCUT2D eigenvalue weighted by atomic mass is 79.9. The van der Waals surface area contributed by atoms with E-state index in [-0.39, 0.29) is 24.8 Å². The molecule has 0 bridgehead atoms. The largest absolute Gasteiger partial charge is 0.444 e. The van der Waals surface area contributed by atoms with Crippen LogP contribution in [0.15, 0.2) is 53.0 Å². The smallest absolute Gasteiger partial charge is 0.407 e. The van der Waals surface area contributed by atoms with E-state index in [1.807, 2.05) is 42.5 Å². The Morgan fingerprint density at radius 1 is 0.906 bits per heavy atom. The van der Waals surface area contributed by atoms with Gasteiger partial charge in [0.15, 0.2) is 0 Å². The molecule has 0 atom stereocenters. The van der Waals surface area contributed by atoms with Crippen LogP contribution in [0.25, 0.3) is 0 Å². The molecule has 0 aliphatic rings. The zero-order valence-corrected chi connectivity index (χ0v) is 20.3. The van der Waals surface area contributed by atoms with Gasteiger partial charge in [0.1, 0.15) is 5.60 Å². The summed E-state index contributed by atoms with van der Waals surface area (Å²) in [5, 5.41) is 8.26. The summed E-state index contributed by atoms with van der Waals surface area (Å²) in [6.07, 6.45) is 0.634. The van der Waals surface area contributed by atoms with Crippen LogP contribution in [0, 0.1) is 0 Å². The Labute approximate surface area is 197 Å². The summed E-state index contributed by atoms with van der Waals surface area (Å²) >= 11 is 3.43. The van der Waals surface area contributed by atoms with Crippen LogP contribution in [-0.4, -0.2) is 30.1 Å². The van der Waals surface area contributed by atoms with Crippen molar-refractivity contribution in [2.45, 2.75) is 52.2 Å². The van der Waals surface area contributed by atoms with Gasteiger partial charge in [-0.2, -0.15) is 0 Å². The van der Waals surface area contributed by atoms with Gasteiger partial charge in [0.25, 0.3) is 0 Å². The third-order valence-electron chi connectivity index (χ3n) is 4.25. The second-order valence-corrected chi connectivity index (χ2v) is 9.25. The van der Waals surface area contributed by atoms with Crippen LogP contribution in [0.4, 0.5) is 10.5 Å². The highest BCUT2D eigenvalue weighted by Gasteiger charge is 2.16. The van der Waals surface area contributed by atoms with Crippen LogP contribution in [0.2, 0.25) is 0 Å². The van der Waals surface area contributed by atoms with Crippen molar-refractivity contribution in [2.75, 3.05) is 11.9 Å². The minimum atomic E-state index is -0.582. The van der Waals surface area contributed by atoms with Gasteiger partial charge < -0.3 is 20.7 Å². The monoisotopic (exact) mass is 503 g/mol. The van der Waals surface area contributed by atoms with Crippen molar-refractivity contribution in [3.8, 4) is 0 Å². The first-order valence-corrected chi connectivity index (χ1v) is 11.3. The lowest BCUT2D eigenvalue weighted by Gasteiger charge is -2.19. The third kappa shape index (κ3) is 10.4. The number of anilines is 1. The van der Waals surface area contributed by atoms with E-state index < -0.39 is 11.7 Å². The van der Waals surface area contributed by atoms with Gasteiger partial charge in [-0.3, -0.25) is 9.59 Å². The van der Waals surface area contributed by atoms with Gasteiger partial charge >= 0.3 is 6.09 Å². The van der Waals surface area contributed by atoms with E-state index in [4.69, 9.17) is 4.74 Å². The number of hydrogen-bond acceptors (Lipinski definition) is 4. The van der Waals surface area contributed by atoms with Gasteiger partial charge in [0.2, 0.25) is 11.8 Å². The van der Waals surface area contributed by atoms with E-state index in [9.17, 15) is 14.4 Å². The van der Waals surface area contributed by atoms with E-state index in [2.05, 4.69) is 31.9 Å². The maximum atomic E-state index is 12.2. The van der Waals surface area contributed by atoms with Crippen LogP contribution >= 0.6 is 15.9 Å². The highest BCUT2D eigenvalue weighted by molar-refractivity contribution is 9.10. The minimum Gasteiger partial charge on any atom is -0.444 e. The minimum absolute atomic E-state index is 0.0346. The molecule has 32 heavy (non-hydrogen) atoms. The number of amides is 3. The molecule has 0 aliphatic heterocycles. The van der Waals surface area contributed by atoms with Crippen molar-refractivity contribution >= 4 is 39.5 Å². The summed E-state index contributed by atoms with van der Waals surface area (Å²) in [7, 11) is 0. The Morgan fingerprint density at radius 3 is 2.34 bits per heavy atom. The van der Waals surface area contributed by atoms with E-state index in [0.29, 0.717) is 25.1 Å². The molecule has 2 aromatic carbocycles. The van der Waals surface area contributed by atoms with Crippen molar-refractivity contribution in [2.24, 2.45) is 0 Å². The number of hydrogen-bond donors (Lipinski definition) is 3. The Kier molecular flexibility index (Phi) is 9.71. The zero-order valence-electron chi connectivity index (χ0n) is 18.7. The van der Waals surface area contributed by atoms with Crippen molar-refractivity contribution in [3.05, 3.63) is 64.1 Å². The van der Waals surface area contributed by atoms with Gasteiger partial charge in [-0.1, -0.05) is 40.2 Å². The maximum Gasteiger partial charge on any atom is 0.407 e. The Bertz CT molecular complexity index is 941. The SMILES string of the molecule is CC(C)(C)OC(=O)NCCC(=O)Nc1cccc(CNC(=O)CCc2cccc(Br)c2)c1. The number of aryl methyl sites for hydroxylation is 1. The van der Waals surface area contributed by atoms with Crippen LogP contribution in [-0.2, 0) is 27.3 Å². The molecule has 0 saturated heterocycles. The second-order valence-electron chi connectivity index (χ2n) is 8.33. The summed E-state index contributed by atoms with van der Waals surface area (Å²) in [6, 6.07) is 15.2. The lowest BCUT2D eigenvalue weighted by atomic mass is 10.1. The molecule has 0 saturated carbocycles. The van der Waals surface area contributed by atoms with Crippen molar-refractivity contribution in [1.29, 1.82) is 0 Å². The average molecular weight is 504 g/mol.